The maximum atomic E-state index is 14.6. The van der Waals surface area contributed by atoms with Gasteiger partial charge in [-0.05, 0) is 48.6 Å². The molecule has 2 aromatic carbocycles. The Kier molecular flexibility index (Phi) is 5.72. The third kappa shape index (κ3) is 3.95. The number of aliphatic hydroxyl groups is 4. The molecule has 6 atom stereocenters. The fourth-order valence-electron chi connectivity index (χ4n) is 4.24. The first-order valence-corrected chi connectivity index (χ1v) is 10.5. The molecule has 4 N–H and O–H groups in total. The molecule has 0 spiro atoms. The molecule has 0 bridgehead atoms. The Morgan fingerprint density at radius 3 is 2.59 bits per heavy atom. The third-order valence-corrected chi connectivity index (χ3v) is 7.15. The quantitative estimate of drug-likeness (QED) is 0.605. The van der Waals surface area contributed by atoms with Gasteiger partial charge in [0, 0.05) is 9.64 Å². The van der Waals surface area contributed by atoms with Gasteiger partial charge in [0.05, 0.1) is 6.61 Å². The summed E-state index contributed by atoms with van der Waals surface area (Å²) in [6.07, 6.45) is -4.90. The van der Waals surface area contributed by atoms with Crippen LogP contribution in [0.4, 0.5) is 4.39 Å². The first-order chi connectivity index (χ1) is 13.8. The zero-order valence-electron chi connectivity index (χ0n) is 16.0. The minimum absolute atomic E-state index is 0.196. The summed E-state index contributed by atoms with van der Waals surface area (Å²) >= 11 is 1.74. The lowest BCUT2D eigenvalue weighted by Gasteiger charge is -2.40. The molecule has 29 heavy (non-hydrogen) atoms. The number of halogens is 1. The van der Waals surface area contributed by atoms with Gasteiger partial charge in [-0.2, -0.15) is 0 Å². The summed E-state index contributed by atoms with van der Waals surface area (Å²) in [5, 5.41) is 39.8. The van der Waals surface area contributed by atoms with E-state index in [-0.39, 0.29) is 10.6 Å². The SMILES string of the molecule is CC1(Cc2cc([C@@H]3O[C@H](CO)[C@@H](O)[C@H](O)[C@H]3O)ccc2F)Cc2ccccc2S1. The van der Waals surface area contributed by atoms with Crippen molar-refractivity contribution in [1.29, 1.82) is 0 Å². The minimum atomic E-state index is -1.46. The highest BCUT2D eigenvalue weighted by atomic mass is 32.2. The standard InChI is InChI=1S/C22H25FO5S/c1-22(9-13-4-2-3-5-17(13)29-22)10-14-8-12(6-7-15(14)23)21-20(27)19(26)18(25)16(11-24)28-21/h2-8,16,18-21,24-27H,9-11H2,1H3/t16-,18-,19+,20-,21+,22?/m1/s1. The molecule has 0 saturated carbocycles. The van der Waals surface area contributed by atoms with Crippen molar-refractivity contribution >= 4 is 11.8 Å². The molecule has 5 nitrogen and oxygen atoms in total. The summed E-state index contributed by atoms with van der Waals surface area (Å²) in [7, 11) is 0. The van der Waals surface area contributed by atoms with Crippen molar-refractivity contribution < 1.29 is 29.6 Å². The monoisotopic (exact) mass is 420 g/mol. The molecule has 2 aromatic rings. The Balaban J connectivity index is 1.58. The van der Waals surface area contributed by atoms with Crippen LogP contribution in [0.2, 0.25) is 0 Å². The van der Waals surface area contributed by atoms with E-state index in [0.717, 1.165) is 6.42 Å². The van der Waals surface area contributed by atoms with Gasteiger partial charge in [-0.1, -0.05) is 30.3 Å². The topological polar surface area (TPSA) is 90.2 Å². The fraction of sp³-hybridized carbons (Fsp3) is 0.455. The van der Waals surface area contributed by atoms with E-state index in [1.807, 2.05) is 12.1 Å². The number of thioether (sulfide) groups is 1. The van der Waals surface area contributed by atoms with E-state index in [2.05, 4.69) is 19.1 Å². The maximum Gasteiger partial charge on any atom is 0.126 e. The Labute approximate surface area is 173 Å². The van der Waals surface area contributed by atoms with E-state index in [0.29, 0.717) is 17.5 Å². The lowest BCUT2D eigenvalue weighted by Crippen LogP contribution is -2.55. The van der Waals surface area contributed by atoms with Crippen molar-refractivity contribution in [2.24, 2.45) is 0 Å². The molecule has 2 heterocycles. The molecule has 2 aliphatic rings. The van der Waals surface area contributed by atoms with Crippen molar-refractivity contribution in [1.82, 2.24) is 0 Å². The van der Waals surface area contributed by atoms with Crippen LogP contribution in [0.15, 0.2) is 47.4 Å². The van der Waals surface area contributed by atoms with E-state index in [4.69, 9.17) is 4.74 Å². The molecule has 2 aliphatic heterocycles. The highest BCUT2D eigenvalue weighted by Gasteiger charge is 2.44. The fourth-order valence-corrected chi connectivity index (χ4v) is 5.64. The summed E-state index contributed by atoms with van der Waals surface area (Å²) in [6, 6.07) is 12.7. The highest BCUT2D eigenvalue weighted by molar-refractivity contribution is 8.01. The smallest absolute Gasteiger partial charge is 0.126 e. The number of hydrogen-bond donors (Lipinski definition) is 4. The number of rotatable bonds is 4. The first kappa shape index (κ1) is 20.8. The average molecular weight is 421 g/mol. The van der Waals surface area contributed by atoms with Crippen LogP contribution in [0.25, 0.3) is 0 Å². The van der Waals surface area contributed by atoms with Crippen molar-refractivity contribution in [3.8, 4) is 0 Å². The van der Waals surface area contributed by atoms with Crippen molar-refractivity contribution in [2.45, 2.75) is 59.9 Å². The predicted octanol–water partition coefficient (Wildman–Crippen LogP) is 1.99. The lowest BCUT2D eigenvalue weighted by atomic mass is 9.88. The first-order valence-electron chi connectivity index (χ1n) is 9.67. The molecule has 0 amide bonds. The molecule has 4 rings (SSSR count). The van der Waals surface area contributed by atoms with E-state index < -0.39 is 37.1 Å². The van der Waals surface area contributed by atoms with Gasteiger partial charge in [0.25, 0.3) is 0 Å². The second kappa shape index (κ2) is 7.98. The van der Waals surface area contributed by atoms with E-state index in [1.165, 1.54) is 22.6 Å². The zero-order chi connectivity index (χ0) is 20.8. The molecule has 0 aliphatic carbocycles. The van der Waals surface area contributed by atoms with Crippen LogP contribution in [0.5, 0.6) is 0 Å². The van der Waals surface area contributed by atoms with Gasteiger partial charge < -0.3 is 25.2 Å². The van der Waals surface area contributed by atoms with Crippen LogP contribution in [0, 0.1) is 5.82 Å². The van der Waals surface area contributed by atoms with Gasteiger partial charge in [0.2, 0.25) is 0 Å². The predicted molar refractivity (Wildman–Crippen MR) is 107 cm³/mol. The van der Waals surface area contributed by atoms with Crippen LogP contribution in [-0.4, -0.2) is 56.2 Å². The number of aliphatic hydroxyl groups excluding tert-OH is 4. The van der Waals surface area contributed by atoms with Gasteiger partial charge in [-0.25, -0.2) is 4.39 Å². The van der Waals surface area contributed by atoms with E-state index in [1.54, 1.807) is 17.8 Å². The highest BCUT2D eigenvalue weighted by Crippen LogP contribution is 2.47. The van der Waals surface area contributed by atoms with Gasteiger partial charge in [0.1, 0.15) is 36.3 Å². The lowest BCUT2D eigenvalue weighted by molar-refractivity contribution is -0.231. The largest absolute Gasteiger partial charge is 0.394 e. The van der Waals surface area contributed by atoms with Crippen molar-refractivity contribution in [3.63, 3.8) is 0 Å². The molecule has 1 unspecified atom stereocenters. The second-order valence-corrected chi connectivity index (χ2v) is 9.74. The number of hydrogen-bond acceptors (Lipinski definition) is 6. The molecule has 0 radical (unpaired) electrons. The maximum absolute atomic E-state index is 14.6. The molecule has 0 aromatic heterocycles. The molecular formula is C22H25FO5S. The Morgan fingerprint density at radius 1 is 1.10 bits per heavy atom. The van der Waals surface area contributed by atoms with Crippen LogP contribution >= 0.6 is 11.8 Å². The summed E-state index contributed by atoms with van der Waals surface area (Å²) in [4.78, 5) is 1.21. The molecule has 7 heteroatoms. The normalized spacial score (nSPS) is 34.2. The second-order valence-electron chi connectivity index (χ2n) is 8.11. The summed E-state index contributed by atoms with van der Waals surface area (Å²) < 4.78 is 20.0. The van der Waals surface area contributed by atoms with Crippen LogP contribution < -0.4 is 0 Å². The summed E-state index contributed by atoms with van der Waals surface area (Å²) in [5.41, 5.74) is 2.26. The number of fused-ring (bicyclic) bond motifs is 1. The van der Waals surface area contributed by atoms with Crippen LogP contribution in [-0.2, 0) is 17.6 Å². The average Bonchev–Trinajstić information content (AvgIpc) is 3.04. The Morgan fingerprint density at radius 2 is 1.86 bits per heavy atom. The summed E-state index contributed by atoms with van der Waals surface area (Å²) in [5.74, 6) is -0.337. The molecule has 1 saturated heterocycles. The number of benzene rings is 2. The number of ether oxygens (including phenoxy) is 1. The van der Waals surface area contributed by atoms with Crippen LogP contribution in [0.3, 0.4) is 0 Å². The van der Waals surface area contributed by atoms with E-state index >= 15 is 0 Å². The van der Waals surface area contributed by atoms with Gasteiger partial charge >= 0.3 is 0 Å². The Bertz CT molecular complexity index is 864. The Hall–Kier alpha value is -1.48. The minimum Gasteiger partial charge on any atom is -0.394 e. The van der Waals surface area contributed by atoms with Gasteiger partial charge in [-0.3, -0.25) is 0 Å². The molecule has 156 valence electrons. The van der Waals surface area contributed by atoms with Crippen LogP contribution in [0.1, 0.15) is 29.7 Å². The zero-order valence-corrected chi connectivity index (χ0v) is 16.8. The summed E-state index contributed by atoms with van der Waals surface area (Å²) in [6.45, 7) is 1.61. The molecule has 1 fully saturated rings. The van der Waals surface area contributed by atoms with Gasteiger partial charge in [0.15, 0.2) is 0 Å². The van der Waals surface area contributed by atoms with Gasteiger partial charge in [-0.15, -0.1) is 11.8 Å². The molecular weight excluding hydrogens is 395 g/mol. The van der Waals surface area contributed by atoms with Crippen molar-refractivity contribution in [3.05, 3.63) is 65.0 Å². The van der Waals surface area contributed by atoms with E-state index in [9.17, 15) is 24.8 Å². The third-order valence-electron chi connectivity index (χ3n) is 5.75. The van der Waals surface area contributed by atoms with Crippen molar-refractivity contribution in [2.75, 3.05) is 6.61 Å².